The topological polar surface area (TPSA) is 152 Å². The average molecular weight is 367 g/mol. The number of hydrogen-bond acceptors (Lipinski definition) is 8. The van der Waals surface area contributed by atoms with E-state index < -0.39 is 31.5 Å². The van der Waals surface area contributed by atoms with E-state index in [0.717, 1.165) is 18.2 Å². The Hall–Kier alpha value is -3.05. The van der Waals surface area contributed by atoms with E-state index in [-0.39, 0.29) is 23.8 Å². The van der Waals surface area contributed by atoms with E-state index in [4.69, 9.17) is 14.6 Å². The van der Waals surface area contributed by atoms with Gasteiger partial charge < -0.3 is 9.47 Å². The van der Waals surface area contributed by atoms with Crippen LogP contribution in [0, 0.1) is 10.1 Å². The van der Waals surface area contributed by atoms with Gasteiger partial charge in [0, 0.05) is 18.3 Å². The molecular formula is C14H13N3O7S. The van der Waals surface area contributed by atoms with E-state index in [2.05, 4.69) is 4.98 Å². The highest BCUT2D eigenvalue weighted by Gasteiger charge is 2.21. The van der Waals surface area contributed by atoms with Gasteiger partial charge in [-0.1, -0.05) is 0 Å². The van der Waals surface area contributed by atoms with E-state index in [1.807, 2.05) is 0 Å². The molecule has 0 fully saturated rings. The highest BCUT2D eigenvalue weighted by Crippen LogP contribution is 2.32. The van der Waals surface area contributed by atoms with Crippen LogP contribution in [0.1, 0.15) is 17.3 Å². The molecule has 132 valence electrons. The molecular weight excluding hydrogens is 354 g/mol. The number of carbonyl (C=O) groups is 1. The number of sulfonamides is 1. The van der Waals surface area contributed by atoms with Crippen molar-refractivity contribution in [1.82, 2.24) is 4.98 Å². The van der Waals surface area contributed by atoms with Crippen molar-refractivity contribution >= 4 is 21.7 Å². The summed E-state index contributed by atoms with van der Waals surface area (Å²) in [6.07, 6.45) is 1.19. The number of hydrogen-bond donors (Lipinski definition) is 1. The first-order valence-electron chi connectivity index (χ1n) is 6.84. The fraction of sp³-hybridized carbons (Fsp3) is 0.143. The van der Waals surface area contributed by atoms with Crippen LogP contribution in [-0.2, 0) is 14.8 Å². The predicted molar refractivity (Wildman–Crippen MR) is 84.7 cm³/mol. The molecule has 0 aliphatic rings. The summed E-state index contributed by atoms with van der Waals surface area (Å²) in [6.45, 7) is 1.87. The quantitative estimate of drug-likeness (QED) is 0.459. The van der Waals surface area contributed by atoms with Crippen LogP contribution in [0.4, 0.5) is 5.69 Å². The van der Waals surface area contributed by atoms with Gasteiger partial charge in [-0.05, 0) is 25.1 Å². The first-order chi connectivity index (χ1) is 11.7. The van der Waals surface area contributed by atoms with Gasteiger partial charge in [0.1, 0.15) is 0 Å². The second kappa shape index (κ2) is 7.23. The molecule has 1 heterocycles. The van der Waals surface area contributed by atoms with Gasteiger partial charge in [-0.25, -0.2) is 23.3 Å². The number of nitrogens with zero attached hydrogens (tertiary/aromatic N) is 2. The molecule has 10 nitrogen and oxygen atoms in total. The van der Waals surface area contributed by atoms with Gasteiger partial charge in [0.15, 0.2) is 0 Å². The monoisotopic (exact) mass is 367 g/mol. The van der Waals surface area contributed by atoms with Crippen LogP contribution in [0.3, 0.4) is 0 Å². The Labute approximate surface area is 142 Å². The summed E-state index contributed by atoms with van der Waals surface area (Å²) >= 11 is 0. The van der Waals surface area contributed by atoms with Gasteiger partial charge in [-0.3, -0.25) is 10.1 Å². The van der Waals surface area contributed by atoms with Crippen molar-refractivity contribution in [2.75, 3.05) is 6.61 Å². The van der Waals surface area contributed by atoms with Crippen LogP contribution in [0.2, 0.25) is 0 Å². The van der Waals surface area contributed by atoms with Gasteiger partial charge in [0.25, 0.3) is 0 Å². The third-order valence-electron chi connectivity index (χ3n) is 2.92. The zero-order chi connectivity index (χ0) is 18.6. The summed E-state index contributed by atoms with van der Waals surface area (Å²) < 4.78 is 32.7. The number of nitro benzene ring substituents is 1. The minimum atomic E-state index is -4.10. The molecule has 0 saturated heterocycles. The van der Waals surface area contributed by atoms with E-state index >= 15 is 0 Å². The SMILES string of the molecule is CCOC(=O)c1ccc(Oc2ccc(S(N)(=O)=O)cc2[N+](=O)[O-])nc1. The molecule has 2 aromatic rings. The number of nitrogens with two attached hydrogens (primary N) is 1. The van der Waals surface area contributed by atoms with Gasteiger partial charge >= 0.3 is 11.7 Å². The standard InChI is InChI=1S/C14H13N3O7S/c1-2-23-14(18)9-3-6-13(16-8-9)24-12-5-4-10(25(15,21)22)7-11(12)17(19)20/h3-8H,2H2,1H3,(H2,15,21,22). The van der Waals surface area contributed by atoms with Crippen LogP contribution in [-0.4, -0.2) is 30.9 Å². The number of aromatic nitrogens is 1. The molecule has 0 radical (unpaired) electrons. The van der Waals surface area contributed by atoms with Crippen molar-refractivity contribution < 1.29 is 27.6 Å². The van der Waals surface area contributed by atoms with Gasteiger partial charge in [-0.2, -0.15) is 0 Å². The zero-order valence-corrected chi connectivity index (χ0v) is 13.7. The smallest absolute Gasteiger partial charge is 0.339 e. The zero-order valence-electron chi connectivity index (χ0n) is 12.9. The number of esters is 1. The molecule has 2 rings (SSSR count). The molecule has 0 saturated carbocycles. The highest BCUT2D eigenvalue weighted by molar-refractivity contribution is 7.89. The lowest BCUT2D eigenvalue weighted by atomic mass is 10.3. The van der Waals surface area contributed by atoms with Crippen LogP contribution < -0.4 is 9.88 Å². The molecule has 0 atom stereocenters. The van der Waals surface area contributed by atoms with E-state index in [0.29, 0.717) is 0 Å². The van der Waals surface area contributed by atoms with Crippen molar-refractivity contribution in [2.45, 2.75) is 11.8 Å². The lowest BCUT2D eigenvalue weighted by Crippen LogP contribution is -2.12. The summed E-state index contributed by atoms with van der Waals surface area (Å²) in [6, 6.07) is 5.66. The van der Waals surface area contributed by atoms with Crippen molar-refractivity contribution in [3.8, 4) is 11.6 Å². The minimum absolute atomic E-state index is 0.0282. The third-order valence-corrected chi connectivity index (χ3v) is 3.83. The Bertz CT molecular complexity index is 911. The Balaban J connectivity index is 2.31. The fourth-order valence-corrected chi connectivity index (χ4v) is 2.33. The summed E-state index contributed by atoms with van der Waals surface area (Å²) in [5, 5.41) is 16.1. The minimum Gasteiger partial charge on any atom is -0.462 e. The Morgan fingerprint density at radius 3 is 2.56 bits per heavy atom. The van der Waals surface area contributed by atoms with Gasteiger partial charge in [-0.15, -0.1) is 0 Å². The maximum absolute atomic E-state index is 11.5. The van der Waals surface area contributed by atoms with Crippen LogP contribution >= 0.6 is 0 Å². The van der Waals surface area contributed by atoms with Crippen molar-refractivity contribution in [3.63, 3.8) is 0 Å². The second-order valence-electron chi connectivity index (χ2n) is 4.64. The maximum Gasteiger partial charge on any atom is 0.339 e. The summed E-state index contributed by atoms with van der Waals surface area (Å²) in [4.78, 5) is 25.3. The van der Waals surface area contributed by atoms with Crippen molar-refractivity contribution in [2.24, 2.45) is 5.14 Å². The number of ether oxygens (including phenoxy) is 2. The maximum atomic E-state index is 11.5. The molecule has 0 amide bonds. The first-order valence-corrected chi connectivity index (χ1v) is 8.39. The van der Waals surface area contributed by atoms with Crippen LogP contribution in [0.25, 0.3) is 0 Å². The summed E-state index contributed by atoms with van der Waals surface area (Å²) in [7, 11) is -4.10. The second-order valence-corrected chi connectivity index (χ2v) is 6.20. The number of pyridine rings is 1. The molecule has 0 spiro atoms. The van der Waals surface area contributed by atoms with Crippen LogP contribution in [0.5, 0.6) is 11.6 Å². The lowest BCUT2D eigenvalue weighted by Gasteiger charge is -2.07. The number of carbonyl (C=O) groups excluding carboxylic acids is 1. The predicted octanol–water partition coefficient (Wildman–Crippen LogP) is 1.61. The molecule has 0 bridgehead atoms. The molecule has 0 aliphatic heterocycles. The summed E-state index contributed by atoms with van der Waals surface area (Å²) in [5.74, 6) is -0.821. The first kappa shape index (κ1) is 18.3. The largest absolute Gasteiger partial charge is 0.462 e. The average Bonchev–Trinajstić information content (AvgIpc) is 2.55. The molecule has 1 aromatic heterocycles. The van der Waals surface area contributed by atoms with E-state index in [9.17, 15) is 23.3 Å². The molecule has 1 aromatic carbocycles. The normalized spacial score (nSPS) is 11.0. The molecule has 0 unspecified atom stereocenters. The Kier molecular flexibility index (Phi) is 5.29. The Morgan fingerprint density at radius 1 is 1.32 bits per heavy atom. The van der Waals surface area contributed by atoms with Crippen LogP contribution in [0.15, 0.2) is 41.4 Å². The molecule has 11 heteroatoms. The molecule has 25 heavy (non-hydrogen) atoms. The molecule has 2 N–H and O–H groups in total. The molecule has 0 aliphatic carbocycles. The number of nitro groups is 1. The number of rotatable bonds is 6. The van der Waals surface area contributed by atoms with Gasteiger partial charge in [0.05, 0.1) is 22.0 Å². The third kappa shape index (κ3) is 4.49. The number of benzene rings is 1. The fourth-order valence-electron chi connectivity index (χ4n) is 1.79. The lowest BCUT2D eigenvalue weighted by molar-refractivity contribution is -0.385. The van der Waals surface area contributed by atoms with E-state index in [1.165, 1.54) is 18.3 Å². The Morgan fingerprint density at radius 2 is 2.04 bits per heavy atom. The summed E-state index contributed by atoms with van der Waals surface area (Å²) in [5.41, 5.74) is -0.406. The van der Waals surface area contributed by atoms with Gasteiger partial charge in [0.2, 0.25) is 21.7 Å². The van der Waals surface area contributed by atoms with Crippen molar-refractivity contribution in [3.05, 3.63) is 52.2 Å². The van der Waals surface area contributed by atoms with Crippen molar-refractivity contribution in [1.29, 1.82) is 0 Å². The van der Waals surface area contributed by atoms with E-state index in [1.54, 1.807) is 6.92 Å². The number of primary sulfonamides is 1. The highest BCUT2D eigenvalue weighted by atomic mass is 32.2.